The minimum Gasteiger partial charge on any atom is -0.370 e. The van der Waals surface area contributed by atoms with Crippen LogP contribution < -0.4 is 33.9 Å². The number of nitrogens with one attached hydrogen (secondary N) is 3. The van der Waals surface area contributed by atoms with Crippen LogP contribution in [0.2, 0.25) is 0 Å². The van der Waals surface area contributed by atoms with Crippen molar-refractivity contribution in [1.82, 2.24) is 11.0 Å². The van der Waals surface area contributed by atoms with Crippen molar-refractivity contribution < 1.29 is 14.4 Å². The van der Waals surface area contributed by atoms with Crippen LogP contribution in [0.4, 0.5) is 0 Å². The summed E-state index contributed by atoms with van der Waals surface area (Å²) in [7, 11) is 0. The van der Waals surface area contributed by atoms with Gasteiger partial charge in [-0.15, -0.1) is 0 Å². The molecule has 0 aliphatic carbocycles. The Morgan fingerprint density at radius 2 is 1.84 bits per heavy atom. The van der Waals surface area contributed by atoms with E-state index in [1.54, 1.807) is 13.8 Å². The fourth-order valence-electron chi connectivity index (χ4n) is 1.60. The Labute approximate surface area is 147 Å². The molecule has 0 aromatic carbocycles. The maximum absolute atomic E-state index is 7.05. The molecule has 11 N–H and O–H groups in total. The molecule has 0 heterocycles. The Kier molecular flexibility index (Phi) is 11.0. The van der Waals surface area contributed by atoms with Crippen LogP contribution >= 0.6 is 0 Å². The van der Waals surface area contributed by atoms with Gasteiger partial charge in [0, 0.05) is 6.61 Å². The molecule has 0 bridgehead atoms. The maximum atomic E-state index is 7.05. The van der Waals surface area contributed by atoms with Crippen molar-refractivity contribution in [3.63, 3.8) is 0 Å². The number of guanidine groups is 3. The summed E-state index contributed by atoms with van der Waals surface area (Å²) in [5, 5.41) is 7.05. The second-order valence-electron chi connectivity index (χ2n) is 5.53. The second kappa shape index (κ2) is 12.1. The molecule has 25 heavy (non-hydrogen) atoms. The minimum atomic E-state index is -0.836. The van der Waals surface area contributed by atoms with Crippen molar-refractivity contribution >= 4 is 17.9 Å². The van der Waals surface area contributed by atoms with Crippen molar-refractivity contribution in [2.75, 3.05) is 13.2 Å². The lowest BCUT2D eigenvalue weighted by Gasteiger charge is -2.22. The molecule has 0 saturated heterocycles. The predicted molar refractivity (Wildman–Crippen MR) is 96.0 cm³/mol. The van der Waals surface area contributed by atoms with E-state index >= 15 is 0 Å². The van der Waals surface area contributed by atoms with Crippen molar-refractivity contribution in [2.45, 2.75) is 52.0 Å². The van der Waals surface area contributed by atoms with Crippen molar-refractivity contribution in [1.29, 1.82) is 5.41 Å². The average Bonchev–Trinajstić information content (AvgIpc) is 2.48. The number of rotatable bonds is 12. The molecule has 0 saturated carbocycles. The number of nitrogens with two attached hydrogens (primary N) is 4. The van der Waals surface area contributed by atoms with Crippen molar-refractivity contribution in [3.8, 4) is 0 Å². The highest BCUT2D eigenvalue weighted by Gasteiger charge is 2.18. The third-order valence-corrected chi connectivity index (χ3v) is 2.52. The number of aliphatic imine (C=N–C) groups is 2. The first-order chi connectivity index (χ1) is 11.7. The Bertz CT molecular complexity index is 450. The van der Waals surface area contributed by atoms with E-state index in [0.717, 1.165) is 6.42 Å². The number of hydrogen-bond donors (Lipinski definition) is 7. The molecule has 12 heteroatoms. The van der Waals surface area contributed by atoms with Gasteiger partial charge in [0.15, 0.2) is 17.9 Å². The molecule has 0 aliphatic rings. The summed E-state index contributed by atoms with van der Waals surface area (Å²) < 4.78 is 5.67. The Morgan fingerprint density at radius 1 is 1.16 bits per heavy atom. The molecule has 1 unspecified atom stereocenters. The van der Waals surface area contributed by atoms with E-state index in [-0.39, 0.29) is 17.9 Å². The number of hydrogen-bond acceptors (Lipinski definition) is 6. The van der Waals surface area contributed by atoms with E-state index in [4.69, 9.17) is 42.8 Å². The standard InChI is InChI=1S/C13H31N9O3/c1-4-7-24-22-12(18)20-13(2,3)23-8-5-6-9(19-10(14)15)25-21-11(16)17/h9H,4-8H2,1-3H3,(H4,14,15,19)(H4,16,17,21)(H3,18,20,22). The third-order valence-electron chi connectivity index (χ3n) is 2.52. The van der Waals surface area contributed by atoms with Crippen molar-refractivity contribution in [2.24, 2.45) is 32.9 Å². The summed E-state index contributed by atoms with van der Waals surface area (Å²) in [6, 6.07) is 0. The normalized spacial score (nSPS) is 13.2. The Morgan fingerprint density at radius 3 is 2.40 bits per heavy atom. The fraction of sp³-hybridized carbons (Fsp3) is 0.769. The summed E-state index contributed by atoms with van der Waals surface area (Å²) >= 11 is 0. The molecule has 0 rings (SSSR count). The lowest BCUT2D eigenvalue weighted by Crippen LogP contribution is -2.37. The highest BCUT2D eigenvalue weighted by Crippen LogP contribution is 2.12. The van der Waals surface area contributed by atoms with Gasteiger partial charge < -0.3 is 27.7 Å². The highest BCUT2D eigenvalue weighted by molar-refractivity contribution is 5.77. The Balaban J connectivity index is 4.29. The summed E-state index contributed by atoms with van der Waals surface area (Å²) in [5.41, 5.74) is 25.4. The molecule has 0 amide bonds. The van der Waals surface area contributed by atoms with Gasteiger partial charge in [-0.1, -0.05) is 6.92 Å². The smallest absolute Gasteiger partial charge is 0.215 e. The van der Waals surface area contributed by atoms with E-state index in [1.807, 2.05) is 6.92 Å². The van der Waals surface area contributed by atoms with Crippen LogP contribution in [0.15, 0.2) is 9.98 Å². The second-order valence-corrected chi connectivity index (χ2v) is 5.53. The van der Waals surface area contributed by atoms with Gasteiger partial charge in [-0.3, -0.25) is 10.2 Å². The minimum absolute atomic E-state index is 0.130. The van der Waals surface area contributed by atoms with E-state index in [0.29, 0.717) is 26.1 Å². The topological polar surface area (TPSA) is 204 Å². The van der Waals surface area contributed by atoms with Crippen LogP contribution in [-0.4, -0.2) is 43.0 Å². The number of nitrogens with zero attached hydrogens (tertiary/aromatic N) is 2. The van der Waals surface area contributed by atoms with E-state index in [9.17, 15) is 0 Å². The first-order valence-corrected chi connectivity index (χ1v) is 7.87. The molecule has 146 valence electrons. The number of ether oxygens (including phenoxy) is 1. The summed E-state index contributed by atoms with van der Waals surface area (Å²) in [6.45, 7) is 6.40. The molecule has 0 aliphatic heterocycles. The SMILES string of the molecule is CCCONC(N)=NC(C)(C)OCCCC(N=C(N)N)ONC(=N)N. The summed E-state index contributed by atoms with van der Waals surface area (Å²) in [5.74, 6) is -0.353. The van der Waals surface area contributed by atoms with E-state index in [2.05, 4.69) is 20.9 Å². The van der Waals surface area contributed by atoms with Gasteiger partial charge >= 0.3 is 0 Å². The van der Waals surface area contributed by atoms with Crippen LogP contribution in [-0.2, 0) is 14.4 Å². The van der Waals surface area contributed by atoms with Gasteiger partial charge in [-0.25, -0.2) is 25.8 Å². The fourth-order valence-corrected chi connectivity index (χ4v) is 1.60. The van der Waals surface area contributed by atoms with Gasteiger partial charge in [0.05, 0.1) is 6.61 Å². The largest absolute Gasteiger partial charge is 0.370 e. The van der Waals surface area contributed by atoms with Crippen LogP contribution in [0.25, 0.3) is 0 Å². The van der Waals surface area contributed by atoms with Gasteiger partial charge in [0.1, 0.15) is 0 Å². The lowest BCUT2D eigenvalue weighted by atomic mass is 10.3. The van der Waals surface area contributed by atoms with Crippen LogP contribution in [0.3, 0.4) is 0 Å². The number of hydroxylamine groups is 2. The van der Waals surface area contributed by atoms with Gasteiger partial charge in [0.25, 0.3) is 0 Å². The third kappa shape index (κ3) is 13.8. The van der Waals surface area contributed by atoms with Crippen LogP contribution in [0.5, 0.6) is 0 Å². The zero-order valence-electron chi connectivity index (χ0n) is 15.0. The zero-order chi connectivity index (χ0) is 19.3. The van der Waals surface area contributed by atoms with E-state index < -0.39 is 12.0 Å². The van der Waals surface area contributed by atoms with Gasteiger partial charge in [-0.05, 0) is 33.1 Å². The highest BCUT2D eigenvalue weighted by atomic mass is 16.7. The summed E-state index contributed by atoms with van der Waals surface area (Å²) in [4.78, 5) is 18.2. The molecule has 0 aromatic rings. The van der Waals surface area contributed by atoms with Gasteiger partial charge in [0.2, 0.25) is 11.9 Å². The molecular weight excluding hydrogens is 330 g/mol. The first kappa shape index (κ1) is 22.7. The molecular formula is C13H31N9O3. The maximum Gasteiger partial charge on any atom is 0.215 e. The predicted octanol–water partition coefficient (Wildman–Crippen LogP) is -1.22. The first-order valence-electron chi connectivity index (χ1n) is 7.87. The van der Waals surface area contributed by atoms with E-state index in [1.165, 1.54) is 0 Å². The van der Waals surface area contributed by atoms with Crippen LogP contribution in [0, 0.1) is 5.41 Å². The van der Waals surface area contributed by atoms with Gasteiger partial charge in [-0.2, -0.15) is 0 Å². The lowest BCUT2D eigenvalue weighted by molar-refractivity contribution is -0.0284. The molecule has 0 radical (unpaired) electrons. The molecule has 0 fully saturated rings. The zero-order valence-corrected chi connectivity index (χ0v) is 15.0. The molecule has 12 nitrogen and oxygen atoms in total. The monoisotopic (exact) mass is 361 g/mol. The quantitative estimate of drug-likeness (QED) is 0.0961. The van der Waals surface area contributed by atoms with Crippen LogP contribution in [0.1, 0.15) is 40.0 Å². The molecule has 0 aromatic heterocycles. The molecule has 1 atom stereocenters. The Hall–Kier alpha value is -2.31. The average molecular weight is 361 g/mol. The summed E-state index contributed by atoms with van der Waals surface area (Å²) in [6.07, 6.45) is 1.17. The molecule has 0 spiro atoms. The van der Waals surface area contributed by atoms with Crippen molar-refractivity contribution in [3.05, 3.63) is 0 Å².